The Bertz CT molecular complexity index is 939. The molecule has 6 nitrogen and oxygen atoms in total. The lowest BCUT2D eigenvalue weighted by molar-refractivity contribution is -0.224. The van der Waals surface area contributed by atoms with Crippen LogP contribution < -0.4 is 0 Å². The first-order valence-corrected chi connectivity index (χ1v) is 12.1. The number of alkyl halides is 4. The van der Waals surface area contributed by atoms with Crippen molar-refractivity contribution in [3.05, 3.63) is 71.8 Å². The smallest absolute Gasteiger partial charge is 0.335 e. The fourth-order valence-electron chi connectivity index (χ4n) is 4.57. The first-order chi connectivity index (χ1) is 17.2. The highest BCUT2D eigenvalue weighted by atomic mass is 19.3. The molecule has 2 aromatic rings. The van der Waals surface area contributed by atoms with E-state index in [1.54, 1.807) is 0 Å². The van der Waals surface area contributed by atoms with E-state index in [4.69, 9.17) is 0 Å². The van der Waals surface area contributed by atoms with Crippen molar-refractivity contribution < 1.29 is 27.2 Å². The van der Waals surface area contributed by atoms with Gasteiger partial charge in [-0.05, 0) is 11.1 Å². The second kappa shape index (κ2) is 11.0. The van der Waals surface area contributed by atoms with Gasteiger partial charge in [-0.25, -0.2) is 0 Å². The number of piperazine rings is 2. The van der Waals surface area contributed by atoms with Crippen LogP contribution >= 0.6 is 0 Å². The predicted octanol–water partition coefficient (Wildman–Crippen LogP) is 2.95. The Hall–Kier alpha value is -2.98. The standard InChI is InChI=1S/C26H30F4N4O2/c27-25(28,23(35)33-15-11-31(12-16-33)19-21-7-3-1-4-8-21)26(29,30)24(36)34-17-13-32(14-18-34)20-22-9-5-2-6-10-22/h1-10H,11-20H2. The molecule has 2 aliphatic heterocycles. The van der Waals surface area contributed by atoms with Crippen LogP contribution in [0.3, 0.4) is 0 Å². The lowest BCUT2D eigenvalue weighted by Gasteiger charge is -2.39. The first kappa shape index (κ1) is 26.1. The highest BCUT2D eigenvalue weighted by molar-refractivity contribution is 5.95. The van der Waals surface area contributed by atoms with Crippen LogP contribution in [0.1, 0.15) is 11.1 Å². The summed E-state index contributed by atoms with van der Waals surface area (Å²) < 4.78 is 59.1. The third-order valence-electron chi connectivity index (χ3n) is 6.75. The van der Waals surface area contributed by atoms with E-state index in [0.29, 0.717) is 13.1 Å². The van der Waals surface area contributed by atoms with Gasteiger partial charge in [0.1, 0.15) is 0 Å². The number of benzene rings is 2. The van der Waals surface area contributed by atoms with Gasteiger partial charge in [0.05, 0.1) is 0 Å². The van der Waals surface area contributed by atoms with Crippen LogP contribution in [0.15, 0.2) is 60.7 Å². The second-order valence-corrected chi connectivity index (χ2v) is 9.26. The van der Waals surface area contributed by atoms with Gasteiger partial charge in [0, 0.05) is 65.4 Å². The van der Waals surface area contributed by atoms with Crippen LogP contribution in [0.5, 0.6) is 0 Å². The number of rotatable bonds is 7. The first-order valence-electron chi connectivity index (χ1n) is 12.1. The number of hydrogen-bond donors (Lipinski definition) is 0. The van der Waals surface area contributed by atoms with Crippen LogP contribution in [-0.2, 0) is 22.7 Å². The Morgan fingerprint density at radius 3 is 1.17 bits per heavy atom. The van der Waals surface area contributed by atoms with E-state index in [1.165, 1.54) is 0 Å². The largest absolute Gasteiger partial charge is 0.395 e. The zero-order valence-electron chi connectivity index (χ0n) is 20.0. The van der Waals surface area contributed by atoms with E-state index < -0.39 is 23.7 Å². The van der Waals surface area contributed by atoms with Gasteiger partial charge in [0.15, 0.2) is 0 Å². The lowest BCUT2D eigenvalue weighted by atomic mass is 10.1. The molecule has 0 aromatic heterocycles. The van der Waals surface area contributed by atoms with Crippen LogP contribution in [-0.4, -0.2) is 95.6 Å². The summed E-state index contributed by atoms with van der Waals surface area (Å²) in [7, 11) is 0. The molecule has 0 aliphatic carbocycles. The number of halogens is 4. The number of amides is 2. The number of carbonyl (C=O) groups excluding carboxylic acids is 2. The summed E-state index contributed by atoms with van der Waals surface area (Å²) in [6.45, 7) is 1.83. The number of nitrogens with zero attached hydrogens (tertiary/aromatic N) is 4. The highest BCUT2D eigenvalue weighted by Crippen LogP contribution is 2.38. The Morgan fingerprint density at radius 1 is 0.556 bits per heavy atom. The summed E-state index contributed by atoms with van der Waals surface area (Å²) >= 11 is 0. The van der Waals surface area contributed by atoms with Crippen molar-refractivity contribution in [2.45, 2.75) is 24.9 Å². The van der Waals surface area contributed by atoms with Gasteiger partial charge < -0.3 is 9.80 Å². The zero-order chi connectivity index (χ0) is 25.8. The average Bonchev–Trinajstić information content (AvgIpc) is 2.90. The Kier molecular flexibility index (Phi) is 7.94. The maximum absolute atomic E-state index is 14.8. The fraction of sp³-hybridized carbons (Fsp3) is 0.462. The van der Waals surface area contributed by atoms with E-state index in [9.17, 15) is 27.2 Å². The quantitative estimate of drug-likeness (QED) is 0.542. The summed E-state index contributed by atoms with van der Waals surface area (Å²) in [5.41, 5.74) is 2.06. The molecule has 0 atom stereocenters. The van der Waals surface area contributed by atoms with Crippen molar-refractivity contribution in [2.75, 3.05) is 52.4 Å². The molecule has 2 fully saturated rings. The van der Waals surface area contributed by atoms with E-state index in [-0.39, 0.29) is 52.4 Å². The van der Waals surface area contributed by atoms with Gasteiger partial charge in [-0.1, -0.05) is 60.7 Å². The topological polar surface area (TPSA) is 47.1 Å². The predicted molar refractivity (Wildman–Crippen MR) is 126 cm³/mol. The van der Waals surface area contributed by atoms with Crippen molar-refractivity contribution in [3.8, 4) is 0 Å². The van der Waals surface area contributed by atoms with Gasteiger partial charge in [0.25, 0.3) is 11.8 Å². The number of hydrogen-bond acceptors (Lipinski definition) is 4. The van der Waals surface area contributed by atoms with Crippen LogP contribution in [0.2, 0.25) is 0 Å². The molecule has 4 rings (SSSR count). The molecular formula is C26H30F4N4O2. The molecule has 2 aliphatic rings. The normalized spacial score (nSPS) is 18.3. The molecule has 0 spiro atoms. The molecule has 0 bridgehead atoms. The molecule has 0 N–H and O–H groups in total. The molecule has 0 unspecified atom stereocenters. The maximum Gasteiger partial charge on any atom is 0.395 e. The second-order valence-electron chi connectivity index (χ2n) is 9.26. The van der Waals surface area contributed by atoms with Gasteiger partial charge in [-0.3, -0.25) is 19.4 Å². The maximum atomic E-state index is 14.8. The summed E-state index contributed by atoms with van der Waals surface area (Å²) in [6, 6.07) is 19.0. The molecule has 36 heavy (non-hydrogen) atoms. The Balaban J connectivity index is 1.30. The van der Waals surface area contributed by atoms with Gasteiger partial charge in [-0.2, -0.15) is 17.6 Å². The minimum Gasteiger partial charge on any atom is -0.335 e. The average molecular weight is 507 g/mol. The van der Waals surface area contributed by atoms with E-state index in [2.05, 4.69) is 0 Å². The van der Waals surface area contributed by atoms with E-state index >= 15 is 0 Å². The van der Waals surface area contributed by atoms with E-state index in [1.807, 2.05) is 70.5 Å². The van der Waals surface area contributed by atoms with Gasteiger partial charge in [-0.15, -0.1) is 0 Å². The molecule has 194 valence electrons. The van der Waals surface area contributed by atoms with Crippen molar-refractivity contribution in [2.24, 2.45) is 0 Å². The van der Waals surface area contributed by atoms with Gasteiger partial charge in [0.2, 0.25) is 0 Å². The fourth-order valence-corrected chi connectivity index (χ4v) is 4.57. The van der Waals surface area contributed by atoms with Crippen LogP contribution in [0.25, 0.3) is 0 Å². The molecule has 2 amide bonds. The molecule has 0 radical (unpaired) electrons. The Labute approximate surface area is 208 Å². The van der Waals surface area contributed by atoms with Crippen molar-refractivity contribution in [1.29, 1.82) is 0 Å². The summed E-state index contributed by atoms with van der Waals surface area (Å²) in [4.78, 5) is 30.4. The lowest BCUT2D eigenvalue weighted by Crippen LogP contribution is -2.64. The SMILES string of the molecule is O=C(N1CCN(Cc2ccccc2)CC1)C(F)(F)C(F)(F)C(=O)N1CCN(Cc2ccccc2)CC1. The van der Waals surface area contributed by atoms with Gasteiger partial charge >= 0.3 is 11.8 Å². The third-order valence-corrected chi connectivity index (χ3v) is 6.75. The van der Waals surface area contributed by atoms with Crippen LogP contribution in [0, 0.1) is 0 Å². The monoisotopic (exact) mass is 506 g/mol. The van der Waals surface area contributed by atoms with Crippen molar-refractivity contribution in [1.82, 2.24) is 19.6 Å². The molecule has 2 heterocycles. The van der Waals surface area contributed by atoms with E-state index in [0.717, 1.165) is 20.9 Å². The molecule has 2 saturated heterocycles. The van der Waals surface area contributed by atoms with Crippen LogP contribution in [0.4, 0.5) is 17.6 Å². The summed E-state index contributed by atoms with van der Waals surface area (Å²) in [6.07, 6.45) is 0. The third kappa shape index (κ3) is 5.70. The molecule has 10 heteroatoms. The minimum atomic E-state index is -5.12. The van der Waals surface area contributed by atoms with Crippen molar-refractivity contribution in [3.63, 3.8) is 0 Å². The molecule has 0 saturated carbocycles. The summed E-state index contributed by atoms with van der Waals surface area (Å²) in [5.74, 6) is -14.2. The van der Waals surface area contributed by atoms with Crippen molar-refractivity contribution >= 4 is 11.8 Å². The molecule has 2 aromatic carbocycles. The highest BCUT2D eigenvalue weighted by Gasteiger charge is 2.68. The summed E-state index contributed by atoms with van der Waals surface area (Å²) in [5, 5.41) is 0. The zero-order valence-corrected chi connectivity index (χ0v) is 20.0. The molecular weight excluding hydrogens is 476 g/mol. The minimum absolute atomic E-state index is 0.107. The Morgan fingerprint density at radius 2 is 0.861 bits per heavy atom. The number of carbonyl (C=O) groups is 2.